The van der Waals surface area contributed by atoms with Crippen LogP contribution in [0.25, 0.3) is 16.9 Å². The Hall–Kier alpha value is -3.01. The molecule has 0 saturated carbocycles. The van der Waals surface area contributed by atoms with Crippen molar-refractivity contribution in [3.63, 3.8) is 0 Å². The summed E-state index contributed by atoms with van der Waals surface area (Å²) in [6.07, 6.45) is 4.04. The van der Waals surface area contributed by atoms with Crippen LogP contribution in [-0.2, 0) is 4.74 Å². The summed E-state index contributed by atoms with van der Waals surface area (Å²) in [6, 6.07) is 1.65. The lowest BCUT2D eigenvalue weighted by Gasteiger charge is -2.08. The van der Waals surface area contributed by atoms with Gasteiger partial charge in [-0.25, -0.2) is 4.68 Å². The third-order valence-corrected chi connectivity index (χ3v) is 3.61. The molecule has 4 N–H and O–H groups in total. The third kappa shape index (κ3) is 3.43. The van der Waals surface area contributed by atoms with Crippen molar-refractivity contribution in [1.82, 2.24) is 35.3 Å². The highest BCUT2D eigenvalue weighted by atomic mass is 16.5. The summed E-state index contributed by atoms with van der Waals surface area (Å²) < 4.78 is 6.72. The van der Waals surface area contributed by atoms with E-state index in [9.17, 15) is 4.79 Å². The van der Waals surface area contributed by atoms with E-state index in [0.29, 0.717) is 35.8 Å². The topological polar surface area (TPSA) is 137 Å². The van der Waals surface area contributed by atoms with E-state index in [-0.39, 0.29) is 17.9 Å². The number of aromatic nitrogens is 6. The highest BCUT2D eigenvalue weighted by molar-refractivity contribution is 5.92. The molecule has 0 aliphatic carbocycles. The van der Waals surface area contributed by atoms with Gasteiger partial charge in [-0.15, -0.1) is 0 Å². The average molecular weight is 344 g/mol. The van der Waals surface area contributed by atoms with Crippen LogP contribution >= 0.6 is 0 Å². The standard InChI is InChI=1S/C13H14N8O2.C2H6/c14-13-17-10-8(5-15-19-10)11(18-13)21-3-1-9(20-21)12(22)16-7-2-4-23-6-7;1-2/h1,3,5,7H,2,4,6H2,(H,16,22)(H3,14,15,17,18,19);1-2H3. The number of nitrogens with one attached hydrogen (secondary N) is 2. The van der Waals surface area contributed by atoms with Crippen LogP contribution in [0.5, 0.6) is 0 Å². The van der Waals surface area contributed by atoms with E-state index in [2.05, 4.69) is 30.6 Å². The summed E-state index contributed by atoms with van der Waals surface area (Å²) in [6.45, 7) is 5.20. The molecule has 4 heterocycles. The number of H-pyrrole nitrogens is 1. The Morgan fingerprint density at radius 1 is 1.44 bits per heavy atom. The predicted molar refractivity (Wildman–Crippen MR) is 91.3 cm³/mol. The largest absolute Gasteiger partial charge is 0.379 e. The first-order chi connectivity index (χ1) is 12.2. The lowest BCUT2D eigenvalue weighted by Crippen LogP contribution is -2.35. The van der Waals surface area contributed by atoms with Gasteiger partial charge in [-0.2, -0.15) is 20.2 Å². The zero-order valence-corrected chi connectivity index (χ0v) is 14.1. The molecule has 25 heavy (non-hydrogen) atoms. The number of aromatic amines is 1. The number of hydrogen-bond donors (Lipinski definition) is 3. The molecule has 4 rings (SSSR count). The Morgan fingerprint density at radius 3 is 3.04 bits per heavy atom. The number of nitrogens with zero attached hydrogens (tertiary/aromatic N) is 5. The van der Waals surface area contributed by atoms with Crippen LogP contribution in [0, 0.1) is 0 Å². The number of carbonyl (C=O) groups excluding carboxylic acids is 1. The summed E-state index contributed by atoms with van der Waals surface area (Å²) in [4.78, 5) is 20.4. The van der Waals surface area contributed by atoms with Gasteiger partial charge in [0.2, 0.25) is 5.95 Å². The maximum absolute atomic E-state index is 12.2. The van der Waals surface area contributed by atoms with E-state index in [0.717, 1.165) is 6.42 Å². The Labute approximate surface area is 143 Å². The maximum Gasteiger partial charge on any atom is 0.272 e. The fraction of sp³-hybridized carbons (Fsp3) is 0.400. The molecule has 10 nitrogen and oxygen atoms in total. The lowest BCUT2D eigenvalue weighted by molar-refractivity contribution is 0.0924. The zero-order valence-electron chi connectivity index (χ0n) is 14.1. The van der Waals surface area contributed by atoms with E-state index in [1.807, 2.05) is 13.8 Å². The second-order valence-corrected chi connectivity index (χ2v) is 5.22. The van der Waals surface area contributed by atoms with Crippen LogP contribution in [0.15, 0.2) is 18.5 Å². The molecular formula is C15H20N8O2. The number of hydrogen-bond acceptors (Lipinski definition) is 7. The molecule has 1 amide bonds. The molecule has 3 aromatic heterocycles. The molecule has 1 unspecified atom stereocenters. The van der Waals surface area contributed by atoms with Gasteiger partial charge in [0.05, 0.1) is 24.2 Å². The van der Waals surface area contributed by atoms with Crippen molar-refractivity contribution in [3.05, 3.63) is 24.2 Å². The minimum atomic E-state index is -0.246. The smallest absolute Gasteiger partial charge is 0.272 e. The van der Waals surface area contributed by atoms with Gasteiger partial charge in [0, 0.05) is 12.8 Å². The summed E-state index contributed by atoms with van der Waals surface area (Å²) >= 11 is 0. The Balaban J connectivity index is 0.000000880. The number of rotatable bonds is 3. The van der Waals surface area contributed by atoms with Gasteiger partial charge in [0.25, 0.3) is 5.91 Å². The summed E-state index contributed by atoms with van der Waals surface area (Å²) in [5.74, 6) is 0.315. The first-order valence-corrected chi connectivity index (χ1v) is 8.12. The van der Waals surface area contributed by atoms with E-state index >= 15 is 0 Å². The van der Waals surface area contributed by atoms with Crippen LogP contribution in [-0.4, -0.2) is 55.1 Å². The van der Waals surface area contributed by atoms with Crippen molar-refractivity contribution >= 4 is 22.9 Å². The van der Waals surface area contributed by atoms with Crippen molar-refractivity contribution in [2.45, 2.75) is 26.3 Å². The third-order valence-electron chi connectivity index (χ3n) is 3.61. The minimum Gasteiger partial charge on any atom is -0.379 e. The monoisotopic (exact) mass is 344 g/mol. The number of ether oxygens (including phenoxy) is 1. The zero-order chi connectivity index (χ0) is 17.8. The quantitative estimate of drug-likeness (QED) is 0.635. The minimum absolute atomic E-state index is 0.0305. The van der Waals surface area contributed by atoms with Gasteiger partial charge in [-0.1, -0.05) is 13.8 Å². The molecule has 1 aliphatic rings. The first-order valence-electron chi connectivity index (χ1n) is 8.12. The van der Waals surface area contributed by atoms with E-state index in [4.69, 9.17) is 10.5 Å². The van der Waals surface area contributed by atoms with Crippen LogP contribution in [0.2, 0.25) is 0 Å². The molecule has 0 spiro atoms. The fourth-order valence-corrected chi connectivity index (χ4v) is 2.48. The van der Waals surface area contributed by atoms with Crippen LogP contribution in [0.4, 0.5) is 5.95 Å². The van der Waals surface area contributed by atoms with Gasteiger partial charge >= 0.3 is 0 Å². The maximum atomic E-state index is 12.2. The van der Waals surface area contributed by atoms with E-state index in [1.165, 1.54) is 4.68 Å². The molecule has 1 atom stereocenters. The summed E-state index contributed by atoms with van der Waals surface area (Å²) in [5, 5.41) is 14.5. The number of amides is 1. The SMILES string of the molecule is CC.Nc1nc(-n2ccc(C(=O)NC3CCOC3)n2)c2cn[nH]c2n1. The normalized spacial score (nSPS) is 16.5. The fourth-order valence-electron chi connectivity index (χ4n) is 2.48. The van der Waals surface area contributed by atoms with Crippen LogP contribution in [0.1, 0.15) is 30.8 Å². The highest BCUT2D eigenvalue weighted by Crippen LogP contribution is 2.17. The lowest BCUT2D eigenvalue weighted by atomic mass is 10.2. The molecule has 0 bridgehead atoms. The second-order valence-electron chi connectivity index (χ2n) is 5.22. The molecule has 0 radical (unpaired) electrons. The first kappa shape index (κ1) is 16.8. The molecule has 10 heteroatoms. The molecule has 1 fully saturated rings. The Bertz CT molecular complexity index is 865. The van der Waals surface area contributed by atoms with E-state index in [1.54, 1.807) is 18.5 Å². The number of nitrogen functional groups attached to an aromatic ring is 1. The Morgan fingerprint density at radius 2 is 2.28 bits per heavy atom. The molecule has 3 aromatic rings. The van der Waals surface area contributed by atoms with Gasteiger partial charge in [0.15, 0.2) is 17.2 Å². The van der Waals surface area contributed by atoms with Gasteiger partial charge in [0.1, 0.15) is 0 Å². The van der Waals surface area contributed by atoms with Gasteiger partial charge in [-0.05, 0) is 12.5 Å². The summed E-state index contributed by atoms with van der Waals surface area (Å²) in [5.41, 5.74) is 6.50. The van der Waals surface area contributed by atoms with E-state index < -0.39 is 0 Å². The number of nitrogens with two attached hydrogens (primary N) is 1. The van der Waals surface area contributed by atoms with Crippen molar-refractivity contribution in [3.8, 4) is 5.82 Å². The Kier molecular flexibility index (Phi) is 4.89. The number of anilines is 1. The second kappa shape index (κ2) is 7.26. The van der Waals surface area contributed by atoms with Crippen LogP contribution < -0.4 is 11.1 Å². The van der Waals surface area contributed by atoms with Gasteiger partial charge in [-0.3, -0.25) is 9.89 Å². The van der Waals surface area contributed by atoms with Crippen molar-refractivity contribution < 1.29 is 9.53 Å². The average Bonchev–Trinajstić information content (AvgIpc) is 3.37. The number of carbonyl (C=O) groups is 1. The van der Waals surface area contributed by atoms with Crippen molar-refractivity contribution in [2.24, 2.45) is 0 Å². The van der Waals surface area contributed by atoms with Crippen LogP contribution in [0.3, 0.4) is 0 Å². The molecule has 1 saturated heterocycles. The molecular weight excluding hydrogens is 324 g/mol. The number of fused-ring (bicyclic) bond motifs is 1. The molecule has 132 valence electrons. The highest BCUT2D eigenvalue weighted by Gasteiger charge is 2.20. The summed E-state index contributed by atoms with van der Waals surface area (Å²) in [7, 11) is 0. The molecule has 1 aliphatic heterocycles. The van der Waals surface area contributed by atoms with Crippen molar-refractivity contribution in [2.75, 3.05) is 18.9 Å². The molecule has 0 aromatic carbocycles. The van der Waals surface area contributed by atoms with Gasteiger partial charge < -0.3 is 15.8 Å². The predicted octanol–water partition coefficient (Wildman–Crippen LogP) is 0.666. The van der Waals surface area contributed by atoms with Crippen molar-refractivity contribution in [1.29, 1.82) is 0 Å².